The van der Waals surface area contributed by atoms with Gasteiger partial charge >= 0.3 is 12.0 Å². The molecule has 0 aromatic carbocycles. The molecule has 3 atom stereocenters. The second-order valence-electron chi connectivity index (χ2n) is 5.90. The van der Waals surface area contributed by atoms with Crippen LogP contribution in [0.4, 0.5) is 4.79 Å². The number of hydrogen-bond donors (Lipinski definition) is 2. The summed E-state index contributed by atoms with van der Waals surface area (Å²) < 4.78 is 0. The fraction of sp³-hybridized carbons (Fsp3) is 0.857. The first-order valence-electron chi connectivity index (χ1n) is 7.44. The van der Waals surface area contributed by atoms with Gasteiger partial charge in [0.2, 0.25) is 0 Å². The van der Waals surface area contributed by atoms with E-state index >= 15 is 0 Å². The van der Waals surface area contributed by atoms with Crippen molar-refractivity contribution >= 4 is 12.0 Å². The number of aliphatic hydroxyl groups excluding tert-OH is 1. The van der Waals surface area contributed by atoms with Crippen molar-refractivity contribution in [2.45, 2.75) is 63.1 Å². The van der Waals surface area contributed by atoms with E-state index in [1.165, 1.54) is 0 Å². The molecule has 2 amide bonds. The van der Waals surface area contributed by atoms with Crippen molar-refractivity contribution in [2.75, 3.05) is 13.6 Å². The number of carboxylic acid groups (broad SMARTS) is 1. The quantitative estimate of drug-likeness (QED) is 0.818. The molecule has 0 bridgehead atoms. The predicted octanol–water partition coefficient (Wildman–Crippen LogP) is 1.28. The zero-order valence-electron chi connectivity index (χ0n) is 12.0. The maximum Gasteiger partial charge on any atom is 0.320 e. The maximum absolute atomic E-state index is 12.5. The third-order valence-corrected chi connectivity index (χ3v) is 4.53. The Labute approximate surface area is 119 Å². The van der Waals surface area contributed by atoms with Gasteiger partial charge < -0.3 is 20.0 Å². The molecule has 2 fully saturated rings. The van der Waals surface area contributed by atoms with E-state index in [2.05, 4.69) is 0 Å². The number of urea groups is 1. The normalized spacial score (nSPS) is 30.3. The molecule has 1 saturated heterocycles. The van der Waals surface area contributed by atoms with E-state index in [9.17, 15) is 14.7 Å². The first-order valence-corrected chi connectivity index (χ1v) is 7.44. The highest BCUT2D eigenvalue weighted by molar-refractivity contribution is 5.76. The second kappa shape index (κ2) is 6.43. The van der Waals surface area contributed by atoms with E-state index < -0.39 is 12.1 Å². The van der Waals surface area contributed by atoms with Crippen LogP contribution < -0.4 is 0 Å². The molecule has 1 saturated carbocycles. The van der Waals surface area contributed by atoms with Crippen LogP contribution in [0.3, 0.4) is 0 Å². The van der Waals surface area contributed by atoms with Crippen molar-refractivity contribution in [3.05, 3.63) is 0 Å². The lowest BCUT2D eigenvalue weighted by molar-refractivity contribution is -0.138. The maximum atomic E-state index is 12.5. The number of nitrogens with zero attached hydrogens (tertiary/aromatic N) is 2. The van der Waals surface area contributed by atoms with E-state index in [-0.39, 0.29) is 24.5 Å². The molecule has 2 N–H and O–H groups in total. The monoisotopic (exact) mass is 284 g/mol. The summed E-state index contributed by atoms with van der Waals surface area (Å²) in [4.78, 5) is 26.7. The summed E-state index contributed by atoms with van der Waals surface area (Å²) in [5, 5.41) is 18.9. The van der Waals surface area contributed by atoms with Gasteiger partial charge in [0.15, 0.2) is 0 Å². The summed E-state index contributed by atoms with van der Waals surface area (Å²) in [5.74, 6) is -0.866. The molecular formula is C14H24N2O4. The fourth-order valence-electron chi connectivity index (χ4n) is 3.39. The minimum atomic E-state index is -0.866. The van der Waals surface area contributed by atoms with Crippen LogP contribution >= 0.6 is 0 Å². The van der Waals surface area contributed by atoms with Crippen molar-refractivity contribution in [2.24, 2.45) is 0 Å². The molecule has 1 aliphatic carbocycles. The number of aliphatic carboxylic acids is 1. The van der Waals surface area contributed by atoms with Gasteiger partial charge in [-0.1, -0.05) is 12.8 Å². The predicted molar refractivity (Wildman–Crippen MR) is 73.4 cm³/mol. The number of carbonyl (C=O) groups is 2. The number of likely N-dealkylation sites (N-methyl/N-ethyl adjacent to an activating group) is 1. The van der Waals surface area contributed by atoms with E-state index in [4.69, 9.17) is 5.11 Å². The molecule has 1 aliphatic heterocycles. The van der Waals surface area contributed by atoms with Crippen molar-refractivity contribution in [1.29, 1.82) is 0 Å². The van der Waals surface area contributed by atoms with Crippen LogP contribution in [-0.2, 0) is 4.79 Å². The number of hydrogen-bond acceptors (Lipinski definition) is 3. The Morgan fingerprint density at radius 3 is 2.55 bits per heavy atom. The second-order valence-corrected chi connectivity index (χ2v) is 5.90. The molecule has 1 heterocycles. The van der Waals surface area contributed by atoms with Crippen molar-refractivity contribution in [1.82, 2.24) is 9.80 Å². The molecule has 2 aliphatic rings. The summed E-state index contributed by atoms with van der Waals surface area (Å²) in [5.41, 5.74) is 0. The zero-order valence-corrected chi connectivity index (χ0v) is 12.0. The van der Waals surface area contributed by atoms with Gasteiger partial charge in [0.25, 0.3) is 0 Å². The largest absolute Gasteiger partial charge is 0.481 e. The van der Waals surface area contributed by atoms with Gasteiger partial charge in [-0.2, -0.15) is 0 Å². The van der Waals surface area contributed by atoms with Gasteiger partial charge in [0.1, 0.15) is 0 Å². The molecule has 0 aromatic heterocycles. The van der Waals surface area contributed by atoms with Crippen molar-refractivity contribution in [3.8, 4) is 0 Å². The van der Waals surface area contributed by atoms with Crippen LogP contribution in [-0.4, -0.2) is 63.8 Å². The molecule has 0 aromatic rings. The Kier molecular flexibility index (Phi) is 4.86. The van der Waals surface area contributed by atoms with E-state index in [1.807, 2.05) is 0 Å². The lowest BCUT2D eigenvalue weighted by atomic mass is 9.92. The van der Waals surface area contributed by atoms with E-state index in [0.29, 0.717) is 6.54 Å². The first kappa shape index (κ1) is 15.1. The molecule has 0 spiro atoms. The number of carboxylic acids is 1. The van der Waals surface area contributed by atoms with Gasteiger partial charge in [0, 0.05) is 19.6 Å². The molecular weight excluding hydrogens is 260 g/mol. The van der Waals surface area contributed by atoms with Gasteiger partial charge in [0.05, 0.1) is 18.6 Å². The topological polar surface area (TPSA) is 81.1 Å². The van der Waals surface area contributed by atoms with Crippen molar-refractivity contribution < 1.29 is 19.8 Å². The Balaban J connectivity index is 2.00. The number of carbonyl (C=O) groups excluding carboxylic acids is 1. The summed E-state index contributed by atoms with van der Waals surface area (Å²) in [6.45, 7) is 0.615. The molecule has 0 radical (unpaired) electrons. The van der Waals surface area contributed by atoms with Crippen LogP contribution in [0.15, 0.2) is 0 Å². The third kappa shape index (κ3) is 3.23. The van der Waals surface area contributed by atoms with Crippen LogP contribution in [0.2, 0.25) is 0 Å². The van der Waals surface area contributed by atoms with Gasteiger partial charge in [-0.05, 0) is 25.7 Å². The Bertz CT molecular complexity index is 374. The highest BCUT2D eigenvalue weighted by atomic mass is 16.4. The molecule has 2 rings (SSSR count). The third-order valence-electron chi connectivity index (χ3n) is 4.53. The standard InChI is InChI=1S/C14H24N2O4/c1-15(11-6-2-3-7-12(11)17)14(20)16-8-4-5-10(16)9-13(18)19/h10-12,17H,2-9H2,1H3,(H,18,19). The Hall–Kier alpha value is -1.30. The first-order chi connectivity index (χ1) is 9.50. The highest BCUT2D eigenvalue weighted by Gasteiger charge is 2.36. The SMILES string of the molecule is CN(C(=O)N1CCCC1CC(=O)O)C1CCCCC1O. The number of amides is 2. The van der Waals surface area contributed by atoms with Crippen molar-refractivity contribution in [3.63, 3.8) is 0 Å². The average Bonchev–Trinajstić information content (AvgIpc) is 2.85. The molecule has 20 heavy (non-hydrogen) atoms. The van der Waals surface area contributed by atoms with Gasteiger partial charge in [-0.3, -0.25) is 4.79 Å². The minimum absolute atomic E-state index is 0.00675. The molecule has 3 unspecified atom stereocenters. The van der Waals surface area contributed by atoms with E-state index in [0.717, 1.165) is 38.5 Å². The average molecular weight is 284 g/mol. The van der Waals surface area contributed by atoms with Gasteiger partial charge in [-0.15, -0.1) is 0 Å². The Morgan fingerprint density at radius 2 is 1.90 bits per heavy atom. The number of rotatable bonds is 3. The molecule has 6 heteroatoms. The van der Waals surface area contributed by atoms with E-state index in [1.54, 1.807) is 16.8 Å². The summed E-state index contributed by atoms with van der Waals surface area (Å²) >= 11 is 0. The van der Waals surface area contributed by atoms with Crippen LogP contribution in [0.25, 0.3) is 0 Å². The lowest BCUT2D eigenvalue weighted by Gasteiger charge is -2.38. The highest BCUT2D eigenvalue weighted by Crippen LogP contribution is 2.26. The number of likely N-dealkylation sites (tertiary alicyclic amines) is 1. The minimum Gasteiger partial charge on any atom is -0.481 e. The molecule has 114 valence electrons. The van der Waals surface area contributed by atoms with Crippen LogP contribution in [0.5, 0.6) is 0 Å². The van der Waals surface area contributed by atoms with Crippen LogP contribution in [0, 0.1) is 0 Å². The van der Waals surface area contributed by atoms with Crippen LogP contribution in [0.1, 0.15) is 44.9 Å². The lowest BCUT2D eigenvalue weighted by Crippen LogP contribution is -2.52. The summed E-state index contributed by atoms with van der Waals surface area (Å²) in [6.07, 6.45) is 4.74. The summed E-state index contributed by atoms with van der Waals surface area (Å²) in [6, 6.07) is -0.481. The zero-order chi connectivity index (χ0) is 14.7. The fourth-order valence-corrected chi connectivity index (χ4v) is 3.39. The number of aliphatic hydroxyl groups is 1. The molecule has 6 nitrogen and oxygen atoms in total. The summed E-state index contributed by atoms with van der Waals surface area (Å²) in [7, 11) is 1.72. The smallest absolute Gasteiger partial charge is 0.320 e. The Morgan fingerprint density at radius 1 is 1.20 bits per heavy atom. The van der Waals surface area contributed by atoms with Gasteiger partial charge in [-0.25, -0.2) is 4.79 Å².